The molecule has 0 saturated heterocycles. The van der Waals surface area contributed by atoms with Crippen molar-refractivity contribution in [3.05, 3.63) is 61.5 Å². The maximum atomic E-state index is 13.7. The molecule has 182 valence electrons. The van der Waals surface area contributed by atoms with Crippen LogP contribution in [0.4, 0.5) is 0 Å². The molecule has 2 fully saturated rings. The normalized spacial score (nSPS) is 20.6. The third-order valence-electron chi connectivity index (χ3n) is 7.58. The van der Waals surface area contributed by atoms with E-state index in [-0.39, 0.29) is 30.4 Å². The molecule has 2 aromatic heterocycles. The number of rotatable bonds is 8. The van der Waals surface area contributed by atoms with E-state index in [2.05, 4.69) is 0 Å². The Hall–Kier alpha value is -2.38. The molecule has 3 aromatic rings. The zero-order valence-corrected chi connectivity index (χ0v) is 20.7. The summed E-state index contributed by atoms with van der Waals surface area (Å²) in [5.41, 5.74) is 1.31. The van der Waals surface area contributed by atoms with Gasteiger partial charge in [-0.05, 0) is 56.2 Å². The summed E-state index contributed by atoms with van der Waals surface area (Å²) in [6.07, 6.45) is 6.62. The highest BCUT2D eigenvalue weighted by molar-refractivity contribution is 6.30. The molecule has 2 saturated carbocycles. The van der Waals surface area contributed by atoms with Crippen LogP contribution in [0.25, 0.3) is 11.2 Å². The Morgan fingerprint density at radius 3 is 2.47 bits per heavy atom. The number of aromatic nitrogens is 4. The first-order chi connectivity index (χ1) is 16.4. The van der Waals surface area contributed by atoms with Crippen LogP contribution in [0.1, 0.15) is 75.7 Å². The van der Waals surface area contributed by atoms with Gasteiger partial charge in [0.15, 0.2) is 11.2 Å². The van der Waals surface area contributed by atoms with E-state index in [0.717, 1.165) is 23.7 Å². The minimum atomic E-state index is -0.355. The summed E-state index contributed by atoms with van der Waals surface area (Å²) in [4.78, 5) is 32.0. The highest BCUT2D eigenvalue weighted by Crippen LogP contribution is 2.55. The van der Waals surface area contributed by atoms with Gasteiger partial charge < -0.3 is 9.67 Å². The molecule has 8 heteroatoms. The van der Waals surface area contributed by atoms with Gasteiger partial charge in [0.25, 0.3) is 5.56 Å². The number of hydrogen-bond acceptors (Lipinski definition) is 4. The van der Waals surface area contributed by atoms with E-state index in [1.54, 1.807) is 4.57 Å². The van der Waals surface area contributed by atoms with Gasteiger partial charge in [0.1, 0.15) is 5.82 Å². The number of aliphatic hydroxyl groups excluding tert-OH is 1. The number of nitrogens with zero attached hydrogens (tertiary/aromatic N) is 4. The lowest BCUT2D eigenvalue weighted by Gasteiger charge is -2.15. The van der Waals surface area contributed by atoms with Crippen molar-refractivity contribution in [2.24, 2.45) is 11.8 Å². The number of hydrogen-bond donors (Lipinski definition) is 1. The van der Waals surface area contributed by atoms with Gasteiger partial charge >= 0.3 is 5.69 Å². The van der Waals surface area contributed by atoms with Crippen molar-refractivity contribution < 1.29 is 5.11 Å². The summed E-state index contributed by atoms with van der Waals surface area (Å²) in [5, 5.41) is 10.0. The van der Waals surface area contributed by atoms with Crippen molar-refractivity contribution >= 4 is 22.8 Å². The topological polar surface area (TPSA) is 82.0 Å². The lowest BCUT2D eigenvalue weighted by molar-refractivity contribution is 0.277. The molecule has 7 nitrogen and oxygen atoms in total. The molecule has 0 amide bonds. The maximum Gasteiger partial charge on any atom is 0.332 e. The van der Waals surface area contributed by atoms with Gasteiger partial charge in [0.05, 0.1) is 0 Å². The highest BCUT2D eigenvalue weighted by Gasteiger charge is 2.47. The fraction of sp³-hybridized carbons (Fsp3) is 0.577. The second-order valence-corrected chi connectivity index (χ2v) is 10.6. The molecule has 5 rings (SSSR count). The van der Waals surface area contributed by atoms with Crippen molar-refractivity contribution in [1.82, 2.24) is 18.7 Å². The van der Waals surface area contributed by atoms with Gasteiger partial charge in [0, 0.05) is 36.7 Å². The van der Waals surface area contributed by atoms with Crippen LogP contribution < -0.4 is 11.2 Å². The zero-order valence-electron chi connectivity index (χ0n) is 19.9. The molecular formula is C26H33ClN4O3. The van der Waals surface area contributed by atoms with E-state index in [1.165, 1.54) is 30.3 Å². The molecule has 2 atom stereocenters. The fourth-order valence-electron chi connectivity index (χ4n) is 5.80. The molecule has 0 radical (unpaired) electrons. The standard InChI is InChI=1S/C26H33ClN4O3/c1-16(2)31-24-22(25(33)29(26(31)34)12-5-13-32)30(15-17-8-10-19(27)11-9-17)23(28-24)21-14-20(21)18-6-3-4-7-18/h8-11,16,18,20-21,32H,3-7,12-15H2,1-2H3. The van der Waals surface area contributed by atoms with E-state index in [1.807, 2.05) is 42.7 Å². The third kappa shape index (κ3) is 4.13. The summed E-state index contributed by atoms with van der Waals surface area (Å²) in [5.74, 6) is 2.60. The van der Waals surface area contributed by atoms with Gasteiger partial charge in [-0.2, -0.15) is 0 Å². The SMILES string of the molecule is CC(C)n1c(=O)n(CCCO)c(=O)c2c1nc(C1CC1C1CCCC1)n2Cc1ccc(Cl)cc1. The van der Waals surface area contributed by atoms with Crippen LogP contribution >= 0.6 is 11.6 Å². The molecule has 2 unspecified atom stereocenters. The first kappa shape index (κ1) is 23.4. The Kier molecular flexibility index (Phi) is 6.42. The minimum Gasteiger partial charge on any atom is -0.396 e. The Balaban J connectivity index is 1.70. The molecule has 2 heterocycles. The van der Waals surface area contributed by atoms with E-state index in [4.69, 9.17) is 16.6 Å². The summed E-state index contributed by atoms with van der Waals surface area (Å²) in [6, 6.07) is 7.52. The van der Waals surface area contributed by atoms with Crippen molar-refractivity contribution in [1.29, 1.82) is 0 Å². The number of fused-ring (bicyclic) bond motifs is 1. The van der Waals surface area contributed by atoms with Crippen LogP contribution in [-0.2, 0) is 13.1 Å². The van der Waals surface area contributed by atoms with Gasteiger partial charge in [-0.25, -0.2) is 9.78 Å². The van der Waals surface area contributed by atoms with Crippen LogP contribution in [0, 0.1) is 11.8 Å². The smallest absolute Gasteiger partial charge is 0.332 e. The zero-order chi connectivity index (χ0) is 24.0. The Morgan fingerprint density at radius 1 is 1.12 bits per heavy atom. The van der Waals surface area contributed by atoms with Gasteiger partial charge in [0.2, 0.25) is 0 Å². The molecule has 2 aliphatic rings. The van der Waals surface area contributed by atoms with Gasteiger partial charge in [-0.1, -0.05) is 49.4 Å². The number of aliphatic hydroxyl groups is 1. The third-order valence-corrected chi connectivity index (χ3v) is 7.83. The molecule has 1 aromatic carbocycles. The number of halogens is 1. The molecular weight excluding hydrogens is 452 g/mol. The van der Waals surface area contributed by atoms with Crippen molar-refractivity contribution in [2.75, 3.05) is 6.61 Å². The average molecular weight is 485 g/mol. The van der Waals surface area contributed by atoms with E-state index < -0.39 is 0 Å². The van der Waals surface area contributed by atoms with Crippen LogP contribution in [0.15, 0.2) is 33.9 Å². The monoisotopic (exact) mass is 484 g/mol. The molecule has 2 aliphatic carbocycles. The number of imidazole rings is 1. The lowest BCUT2D eigenvalue weighted by atomic mass is 10.0. The van der Waals surface area contributed by atoms with E-state index in [0.29, 0.717) is 41.0 Å². The van der Waals surface area contributed by atoms with Crippen molar-refractivity contribution in [3.63, 3.8) is 0 Å². The summed E-state index contributed by atoms with van der Waals surface area (Å²) in [7, 11) is 0. The minimum absolute atomic E-state index is 0.0774. The Bertz CT molecular complexity index is 1300. The predicted octanol–water partition coefficient (Wildman–Crippen LogP) is 4.32. The van der Waals surface area contributed by atoms with Gasteiger partial charge in [-0.3, -0.25) is 13.9 Å². The first-order valence-corrected chi connectivity index (χ1v) is 12.9. The average Bonchev–Trinajstić information content (AvgIpc) is 3.23. The van der Waals surface area contributed by atoms with Crippen LogP contribution in [0.5, 0.6) is 0 Å². The highest BCUT2D eigenvalue weighted by atomic mass is 35.5. The largest absolute Gasteiger partial charge is 0.396 e. The predicted molar refractivity (Wildman–Crippen MR) is 134 cm³/mol. The summed E-state index contributed by atoms with van der Waals surface area (Å²) < 4.78 is 4.96. The second-order valence-electron chi connectivity index (χ2n) is 10.2. The maximum absolute atomic E-state index is 13.7. The summed E-state index contributed by atoms with van der Waals surface area (Å²) in [6.45, 7) is 4.50. The quantitative estimate of drug-likeness (QED) is 0.516. The fourth-order valence-corrected chi connectivity index (χ4v) is 5.92. The Labute approximate surface area is 204 Å². The van der Waals surface area contributed by atoms with Gasteiger partial charge in [-0.15, -0.1) is 0 Å². The van der Waals surface area contributed by atoms with Crippen LogP contribution in [0.3, 0.4) is 0 Å². The van der Waals surface area contributed by atoms with Crippen molar-refractivity contribution in [3.8, 4) is 0 Å². The van der Waals surface area contributed by atoms with E-state index >= 15 is 0 Å². The molecule has 1 N–H and O–H groups in total. The number of benzene rings is 1. The molecule has 34 heavy (non-hydrogen) atoms. The lowest BCUT2D eigenvalue weighted by Crippen LogP contribution is -2.41. The first-order valence-electron chi connectivity index (χ1n) is 12.5. The van der Waals surface area contributed by atoms with Crippen LogP contribution in [0.2, 0.25) is 5.02 Å². The second kappa shape index (κ2) is 9.34. The molecule has 0 aliphatic heterocycles. The summed E-state index contributed by atoms with van der Waals surface area (Å²) >= 11 is 6.11. The molecule has 0 bridgehead atoms. The molecule has 0 spiro atoms. The Morgan fingerprint density at radius 2 is 1.82 bits per heavy atom. The van der Waals surface area contributed by atoms with Crippen LogP contribution in [-0.4, -0.2) is 30.4 Å². The van der Waals surface area contributed by atoms with Crippen molar-refractivity contribution in [2.45, 2.75) is 77.4 Å². The van der Waals surface area contributed by atoms with E-state index in [9.17, 15) is 14.7 Å².